The standard InChI is InChI=1S/C13H21N/c1-7-8-9-12(4)13(14(5)6)10-11(2)3/h7-10H,2H2,1,3-6H3/b8-7-,12-9+,13-10-. The van der Waals surface area contributed by atoms with E-state index in [-0.39, 0.29) is 0 Å². The topological polar surface area (TPSA) is 3.24 Å². The largest absolute Gasteiger partial charge is 0.377 e. The molecule has 0 aromatic heterocycles. The lowest BCUT2D eigenvalue weighted by atomic mass is 10.1. The molecule has 0 aliphatic heterocycles. The maximum atomic E-state index is 3.89. The summed E-state index contributed by atoms with van der Waals surface area (Å²) >= 11 is 0. The van der Waals surface area contributed by atoms with Gasteiger partial charge in [0, 0.05) is 19.8 Å². The van der Waals surface area contributed by atoms with Gasteiger partial charge in [-0.15, -0.1) is 0 Å². The lowest BCUT2D eigenvalue weighted by Crippen LogP contribution is -2.12. The lowest BCUT2D eigenvalue weighted by Gasteiger charge is -2.18. The minimum atomic E-state index is 1.07. The molecule has 0 radical (unpaired) electrons. The Bertz CT molecular complexity index is 278. The van der Waals surface area contributed by atoms with Gasteiger partial charge in [0.2, 0.25) is 0 Å². The van der Waals surface area contributed by atoms with Crippen molar-refractivity contribution in [1.29, 1.82) is 0 Å². The Morgan fingerprint density at radius 2 is 1.79 bits per heavy atom. The van der Waals surface area contributed by atoms with Gasteiger partial charge in [-0.3, -0.25) is 0 Å². The van der Waals surface area contributed by atoms with Crippen molar-refractivity contribution in [3.05, 3.63) is 47.7 Å². The quantitative estimate of drug-likeness (QED) is 0.614. The number of rotatable bonds is 4. The number of hydrogen-bond acceptors (Lipinski definition) is 1. The highest BCUT2D eigenvalue weighted by molar-refractivity contribution is 5.35. The number of hydrogen-bond donors (Lipinski definition) is 0. The average molecular weight is 191 g/mol. The van der Waals surface area contributed by atoms with Crippen LogP contribution in [0.5, 0.6) is 0 Å². The first kappa shape index (κ1) is 12.8. The van der Waals surface area contributed by atoms with E-state index in [4.69, 9.17) is 0 Å². The summed E-state index contributed by atoms with van der Waals surface area (Å²) in [5.74, 6) is 0. The Morgan fingerprint density at radius 1 is 1.21 bits per heavy atom. The Hall–Kier alpha value is -1.24. The zero-order chi connectivity index (χ0) is 11.1. The summed E-state index contributed by atoms with van der Waals surface area (Å²) in [6.07, 6.45) is 8.27. The van der Waals surface area contributed by atoms with Crippen molar-refractivity contribution in [2.24, 2.45) is 0 Å². The summed E-state index contributed by atoms with van der Waals surface area (Å²) in [4.78, 5) is 2.10. The van der Waals surface area contributed by atoms with E-state index in [1.807, 2.05) is 40.1 Å². The second kappa shape index (κ2) is 6.25. The molecule has 0 N–H and O–H groups in total. The molecule has 0 rings (SSSR count). The van der Waals surface area contributed by atoms with E-state index in [2.05, 4.69) is 30.6 Å². The molecule has 78 valence electrons. The molecule has 0 atom stereocenters. The van der Waals surface area contributed by atoms with Crippen molar-refractivity contribution in [2.75, 3.05) is 14.1 Å². The summed E-state index contributed by atoms with van der Waals surface area (Å²) in [5.41, 5.74) is 3.52. The summed E-state index contributed by atoms with van der Waals surface area (Å²) in [6, 6.07) is 0. The van der Waals surface area contributed by atoms with Gasteiger partial charge in [0.05, 0.1) is 0 Å². The molecule has 0 aromatic carbocycles. The SMILES string of the molecule is C=C(C)/C=C(/C(C)=C/C=C\C)N(C)C. The van der Waals surface area contributed by atoms with Crippen molar-refractivity contribution in [2.45, 2.75) is 20.8 Å². The molecule has 14 heavy (non-hydrogen) atoms. The van der Waals surface area contributed by atoms with Gasteiger partial charge in [0.25, 0.3) is 0 Å². The number of allylic oxidation sites excluding steroid dienone is 6. The Labute approximate surface area is 88.1 Å². The molecule has 0 bridgehead atoms. The van der Waals surface area contributed by atoms with E-state index < -0.39 is 0 Å². The molecule has 0 amide bonds. The van der Waals surface area contributed by atoms with Crippen LogP contribution < -0.4 is 0 Å². The van der Waals surface area contributed by atoms with E-state index in [0.717, 1.165) is 5.57 Å². The van der Waals surface area contributed by atoms with Crippen LogP contribution in [0.3, 0.4) is 0 Å². The second-order valence-corrected chi connectivity index (χ2v) is 3.65. The molecule has 0 saturated heterocycles. The highest BCUT2D eigenvalue weighted by atomic mass is 15.1. The third-order valence-electron chi connectivity index (χ3n) is 1.81. The van der Waals surface area contributed by atoms with Gasteiger partial charge >= 0.3 is 0 Å². The summed E-state index contributed by atoms with van der Waals surface area (Å²) < 4.78 is 0. The predicted octanol–water partition coefficient (Wildman–Crippen LogP) is 3.53. The Kier molecular flexibility index (Phi) is 5.70. The van der Waals surface area contributed by atoms with Crippen LogP contribution in [0.15, 0.2) is 47.7 Å². The average Bonchev–Trinajstić information content (AvgIpc) is 2.09. The first-order chi connectivity index (χ1) is 6.49. The van der Waals surface area contributed by atoms with E-state index in [9.17, 15) is 0 Å². The summed E-state index contributed by atoms with van der Waals surface area (Å²) in [6.45, 7) is 10.0. The maximum Gasteiger partial charge on any atom is 0.0393 e. The van der Waals surface area contributed by atoms with Crippen LogP contribution in [-0.4, -0.2) is 19.0 Å². The van der Waals surface area contributed by atoms with Crippen molar-refractivity contribution < 1.29 is 0 Å². The van der Waals surface area contributed by atoms with Crippen LogP contribution >= 0.6 is 0 Å². The molecule has 0 heterocycles. The van der Waals surface area contributed by atoms with Gasteiger partial charge in [-0.25, -0.2) is 0 Å². The van der Waals surface area contributed by atoms with Gasteiger partial charge in [-0.2, -0.15) is 0 Å². The van der Waals surface area contributed by atoms with Crippen LogP contribution in [0, 0.1) is 0 Å². The smallest absolute Gasteiger partial charge is 0.0393 e. The van der Waals surface area contributed by atoms with Crippen molar-refractivity contribution in [1.82, 2.24) is 4.90 Å². The summed E-state index contributed by atoms with van der Waals surface area (Å²) in [5, 5.41) is 0. The molecule has 1 heteroatoms. The van der Waals surface area contributed by atoms with E-state index in [0.29, 0.717) is 0 Å². The Balaban J connectivity index is 4.93. The molecule has 0 unspecified atom stereocenters. The van der Waals surface area contributed by atoms with Gasteiger partial charge in [0.15, 0.2) is 0 Å². The fourth-order valence-corrected chi connectivity index (χ4v) is 1.15. The molecular weight excluding hydrogens is 170 g/mol. The molecule has 0 saturated carbocycles. The van der Waals surface area contributed by atoms with Gasteiger partial charge in [0.1, 0.15) is 0 Å². The fraction of sp³-hybridized carbons (Fsp3) is 0.385. The predicted molar refractivity (Wildman–Crippen MR) is 65.2 cm³/mol. The van der Waals surface area contributed by atoms with Crippen molar-refractivity contribution in [3.63, 3.8) is 0 Å². The zero-order valence-electron chi connectivity index (χ0n) is 9.96. The molecule has 1 nitrogen and oxygen atoms in total. The summed E-state index contributed by atoms with van der Waals surface area (Å²) in [7, 11) is 4.09. The minimum absolute atomic E-state index is 1.07. The van der Waals surface area contributed by atoms with Crippen LogP contribution in [0.25, 0.3) is 0 Å². The lowest BCUT2D eigenvalue weighted by molar-refractivity contribution is 0.521. The normalized spacial score (nSPS) is 13.5. The van der Waals surface area contributed by atoms with Crippen molar-refractivity contribution in [3.8, 4) is 0 Å². The molecular formula is C13H21N. The van der Waals surface area contributed by atoms with E-state index in [1.54, 1.807) is 0 Å². The minimum Gasteiger partial charge on any atom is -0.377 e. The Morgan fingerprint density at radius 3 is 2.14 bits per heavy atom. The first-order valence-electron chi connectivity index (χ1n) is 4.83. The van der Waals surface area contributed by atoms with Crippen LogP contribution in [-0.2, 0) is 0 Å². The van der Waals surface area contributed by atoms with Crippen molar-refractivity contribution >= 4 is 0 Å². The van der Waals surface area contributed by atoms with Gasteiger partial charge in [-0.1, -0.05) is 30.4 Å². The third kappa shape index (κ3) is 4.70. The maximum absolute atomic E-state index is 3.89. The second-order valence-electron chi connectivity index (χ2n) is 3.65. The van der Waals surface area contributed by atoms with Crippen LogP contribution in [0.4, 0.5) is 0 Å². The molecule has 0 aliphatic rings. The van der Waals surface area contributed by atoms with Crippen LogP contribution in [0.2, 0.25) is 0 Å². The highest BCUT2D eigenvalue weighted by Crippen LogP contribution is 2.13. The fourth-order valence-electron chi connectivity index (χ4n) is 1.15. The van der Waals surface area contributed by atoms with E-state index in [1.165, 1.54) is 11.3 Å². The third-order valence-corrected chi connectivity index (χ3v) is 1.81. The van der Waals surface area contributed by atoms with Gasteiger partial charge in [-0.05, 0) is 32.4 Å². The zero-order valence-corrected chi connectivity index (χ0v) is 9.96. The number of nitrogens with zero attached hydrogens (tertiary/aromatic N) is 1. The van der Waals surface area contributed by atoms with E-state index >= 15 is 0 Å². The first-order valence-corrected chi connectivity index (χ1v) is 4.83. The van der Waals surface area contributed by atoms with Gasteiger partial charge < -0.3 is 4.90 Å². The molecule has 0 fully saturated rings. The molecule has 0 aromatic rings. The van der Waals surface area contributed by atoms with Crippen LogP contribution in [0.1, 0.15) is 20.8 Å². The molecule has 0 spiro atoms. The number of likely N-dealkylation sites (N-methyl/N-ethyl adjacent to an activating group) is 1. The monoisotopic (exact) mass is 191 g/mol. The molecule has 0 aliphatic carbocycles. The highest BCUT2D eigenvalue weighted by Gasteiger charge is 2.00.